The van der Waals surface area contributed by atoms with Crippen LogP contribution in [0.5, 0.6) is 0 Å². The lowest BCUT2D eigenvalue weighted by Gasteiger charge is -2.19. The monoisotopic (exact) mass is 284 g/mol. The van der Waals surface area contributed by atoms with Gasteiger partial charge in [-0.1, -0.05) is 26.0 Å². The predicted octanol–water partition coefficient (Wildman–Crippen LogP) is 2.04. The molecular weight excluding hydrogens is 260 g/mol. The third-order valence-electron chi connectivity index (χ3n) is 3.26. The molecule has 19 heavy (non-hydrogen) atoms. The lowest BCUT2D eigenvalue weighted by Crippen LogP contribution is -2.36. The van der Waals surface area contributed by atoms with Gasteiger partial charge in [-0.3, -0.25) is 0 Å². The number of benzene rings is 1. The Bertz CT molecular complexity index is 524. The zero-order valence-corrected chi connectivity index (χ0v) is 13.1. The summed E-state index contributed by atoms with van der Waals surface area (Å²) in [6.07, 6.45) is 0. The van der Waals surface area contributed by atoms with Crippen LogP contribution in [0, 0.1) is 12.8 Å². The average molecular weight is 284 g/mol. The number of sulfonamides is 1. The first kappa shape index (κ1) is 16.1. The van der Waals surface area contributed by atoms with Crippen molar-refractivity contribution in [2.24, 2.45) is 5.92 Å². The Morgan fingerprint density at radius 2 is 1.84 bits per heavy atom. The van der Waals surface area contributed by atoms with Gasteiger partial charge in [-0.2, -0.15) is 0 Å². The number of hydrogen-bond acceptors (Lipinski definition) is 3. The average Bonchev–Trinajstić information content (AvgIpc) is 2.31. The van der Waals surface area contributed by atoms with Gasteiger partial charge in [-0.05, 0) is 44.0 Å². The van der Waals surface area contributed by atoms with Gasteiger partial charge in [0.25, 0.3) is 0 Å². The Hall–Kier alpha value is -0.910. The smallest absolute Gasteiger partial charge is 0.241 e. The molecule has 1 unspecified atom stereocenters. The van der Waals surface area contributed by atoms with E-state index in [0.29, 0.717) is 11.4 Å². The Morgan fingerprint density at radius 1 is 1.21 bits per heavy atom. The van der Waals surface area contributed by atoms with Crippen molar-refractivity contribution in [2.75, 3.05) is 7.05 Å². The van der Waals surface area contributed by atoms with E-state index < -0.39 is 10.0 Å². The van der Waals surface area contributed by atoms with Crippen LogP contribution in [0.15, 0.2) is 23.1 Å². The van der Waals surface area contributed by atoms with Crippen molar-refractivity contribution in [1.29, 1.82) is 0 Å². The van der Waals surface area contributed by atoms with Gasteiger partial charge in [0.1, 0.15) is 0 Å². The first-order chi connectivity index (χ1) is 8.77. The fourth-order valence-corrected chi connectivity index (χ4v) is 3.38. The summed E-state index contributed by atoms with van der Waals surface area (Å²) in [6, 6.07) is 5.44. The zero-order valence-electron chi connectivity index (χ0n) is 12.3. The first-order valence-corrected chi connectivity index (χ1v) is 8.02. The van der Waals surface area contributed by atoms with Crippen molar-refractivity contribution in [3.05, 3.63) is 29.3 Å². The van der Waals surface area contributed by atoms with Crippen LogP contribution < -0.4 is 10.0 Å². The topological polar surface area (TPSA) is 58.2 Å². The van der Waals surface area contributed by atoms with Crippen LogP contribution in [0.4, 0.5) is 0 Å². The highest BCUT2D eigenvalue weighted by Gasteiger charge is 2.21. The summed E-state index contributed by atoms with van der Waals surface area (Å²) < 4.78 is 27.5. The summed E-state index contributed by atoms with van der Waals surface area (Å²) in [6.45, 7) is 8.35. The maximum absolute atomic E-state index is 12.4. The van der Waals surface area contributed by atoms with E-state index in [0.717, 1.165) is 11.1 Å². The number of hydrogen-bond donors (Lipinski definition) is 2. The predicted molar refractivity (Wildman–Crippen MR) is 78.6 cm³/mol. The molecule has 1 aromatic carbocycles. The molecule has 1 atom stereocenters. The minimum atomic E-state index is -3.45. The van der Waals surface area contributed by atoms with Gasteiger partial charge in [0, 0.05) is 12.6 Å². The SMILES string of the molecule is CNCc1ccc(C)c(S(=O)(=O)NC(C)C(C)C)c1. The maximum Gasteiger partial charge on any atom is 0.241 e. The summed E-state index contributed by atoms with van der Waals surface area (Å²) in [5.74, 6) is 0.260. The highest BCUT2D eigenvalue weighted by molar-refractivity contribution is 7.89. The van der Waals surface area contributed by atoms with E-state index in [9.17, 15) is 8.42 Å². The van der Waals surface area contributed by atoms with E-state index in [4.69, 9.17) is 0 Å². The van der Waals surface area contributed by atoms with E-state index in [2.05, 4.69) is 10.0 Å². The molecule has 0 radical (unpaired) electrons. The highest BCUT2D eigenvalue weighted by atomic mass is 32.2. The molecule has 1 aromatic rings. The van der Waals surface area contributed by atoms with Crippen molar-refractivity contribution in [3.63, 3.8) is 0 Å². The fourth-order valence-electron chi connectivity index (χ4n) is 1.69. The molecule has 0 spiro atoms. The van der Waals surface area contributed by atoms with E-state index >= 15 is 0 Å². The van der Waals surface area contributed by atoms with E-state index in [-0.39, 0.29) is 12.0 Å². The molecule has 108 valence electrons. The Balaban J connectivity index is 3.09. The van der Waals surface area contributed by atoms with Crippen LogP contribution in [0.3, 0.4) is 0 Å². The molecule has 0 amide bonds. The maximum atomic E-state index is 12.4. The molecule has 0 bridgehead atoms. The molecule has 2 N–H and O–H groups in total. The quantitative estimate of drug-likeness (QED) is 0.840. The van der Waals surface area contributed by atoms with Gasteiger partial charge in [0.05, 0.1) is 4.90 Å². The Morgan fingerprint density at radius 3 is 2.37 bits per heavy atom. The highest BCUT2D eigenvalue weighted by Crippen LogP contribution is 2.18. The Kier molecular flexibility index (Phi) is 5.52. The second-order valence-electron chi connectivity index (χ2n) is 5.28. The molecule has 4 nitrogen and oxygen atoms in total. The van der Waals surface area contributed by atoms with Gasteiger partial charge in [0.2, 0.25) is 10.0 Å². The van der Waals surface area contributed by atoms with Crippen molar-refractivity contribution in [2.45, 2.75) is 45.2 Å². The van der Waals surface area contributed by atoms with Gasteiger partial charge in [-0.25, -0.2) is 13.1 Å². The third kappa shape index (κ3) is 4.30. The minimum Gasteiger partial charge on any atom is -0.316 e. The molecule has 0 heterocycles. The third-order valence-corrected chi connectivity index (χ3v) is 4.96. The second-order valence-corrected chi connectivity index (χ2v) is 6.97. The summed E-state index contributed by atoms with van der Waals surface area (Å²) in [4.78, 5) is 0.368. The lowest BCUT2D eigenvalue weighted by atomic mass is 10.1. The lowest BCUT2D eigenvalue weighted by molar-refractivity contribution is 0.476. The zero-order chi connectivity index (χ0) is 14.6. The largest absolute Gasteiger partial charge is 0.316 e. The van der Waals surface area contributed by atoms with Crippen molar-refractivity contribution < 1.29 is 8.42 Å². The van der Waals surface area contributed by atoms with Gasteiger partial charge in [0.15, 0.2) is 0 Å². The van der Waals surface area contributed by atoms with E-state index in [1.54, 1.807) is 6.07 Å². The van der Waals surface area contributed by atoms with Gasteiger partial charge >= 0.3 is 0 Å². The molecular formula is C14H24N2O2S. The number of nitrogens with one attached hydrogen (secondary N) is 2. The van der Waals surface area contributed by atoms with Crippen LogP contribution in [-0.2, 0) is 16.6 Å². The molecule has 0 aromatic heterocycles. The van der Waals surface area contributed by atoms with Crippen molar-refractivity contribution in [1.82, 2.24) is 10.0 Å². The van der Waals surface area contributed by atoms with Crippen LogP contribution in [0.1, 0.15) is 31.9 Å². The number of aryl methyl sites for hydroxylation is 1. The van der Waals surface area contributed by atoms with Crippen molar-refractivity contribution >= 4 is 10.0 Å². The number of rotatable bonds is 6. The molecule has 0 saturated heterocycles. The fraction of sp³-hybridized carbons (Fsp3) is 0.571. The molecule has 0 aliphatic heterocycles. The summed E-state index contributed by atoms with van der Waals surface area (Å²) in [7, 11) is -1.61. The molecule has 1 rings (SSSR count). The first-order valence-electron chi connectivity index (χ1n) is 6.54. The van der Waals surface area contributed by atoms with E-state index in [1.807, 2.05) is 46.9 Å². The van der Waals surface area contributed by atoms with Crippen LogP contribution in [0.2, 0.25) is 0 Å². The van der Waals surface area contributed by atoms with Crippen molar-refractivity contribution in [3.8, 4) is 0 Å². The van der Waals surface area contributed by atoms with E-state index in [1.165, 1.54) is 0 Å². The molecule has 0 aliphatic carbocycles. The molecule has 5 heteroatoms. The van der Waals surface area contributed by atoms with Crippen LogP contribution >= 0.6 is 0 Å². The molecule has 0 aliphatic rings. The second kappa shape index (κ2) is 6.50. The summed E-state index contributed by atoms with van der Waals surface area (Å²) in [5.41, 5.74) is 1.73. The Labute approximate surface area is 116 Å². The van der Waals surface area contributed by atoms with Crippen LogP contribution in [0.25, 0.3) is 0 Å². The van der Waals surface area contributed by atoms with Gasteiger partial charge < -0.3 is 5.32 Å². The molecule has 0 saturated carbocycles. The summed E-state index contributed by atoms with van der Waals surface area (Å²) >= 11 is 0. The summed E-state index contributed by atoms with van der Waals surface area (Å²) in [5, 5.41) is 3.03. The standard InChI is InChI=1S/C14H24N2O2S/c1-10(2)12(4)16-19(17,18)14-8-13(9-15-5)7-6-11(14)3/h6-8,10,12,15-16H,9H2,1-5H3. The van der Waals surface area contributed by atoms with Gasteiger partial charge in [-0.15, -0.1) is 0 Å². The van der Waals surface area contributed by atoms with Crippen LogP contribution in [-0.4, -0.2) is 21.5 Å². The minimum absolute atomic E-state index is 0.0858. The normalized spacial score (nSPS) is 13.8. The molecule has 0 fully saturated rings.